The summed E-state index contributed by atoms with van der Waals surface area (Å²) in [6, 6.07) is 11.8. The van der Waals surface area contributed by atoms with Gasteiger partial charge in [0.15, 0.2) is 4.80 Å². The van der Waals surface area contributed by atoms with Crippen molar-refractivity contribution in [1.29, 1.82) is 0 Å². The molecule has 3 aromatic rings. The molecule has 0 spiro atoms. The lowest BCUT2D eigenvalue weighted by Gasteiger charge is -2.26. The van der Waals surface area contributed by atoms with E-state index in [1.54, 1.807) is 0 Å². The van der Waals surface area contributed by atoms with Crippen LogP contribution >= 0.6 is 11.3 Å². The summed E-state index contributed by atoms with van der Waals surface area (Å²) in [6.45, 7) is 6.74. The van der Waals surface area contributed by atoms with Crippen molar-refractivity contribution in [2.45, 2.75) is 31.7 Å². The summed E-state index contributed by atoms with van der Waals surface area (Å²) in [5, 5.41) is 0. The number of thiazole rings is 1. The van der Waals surface area contributed by atoms with Crippen LogP contribution in [0.3, 0.4) is 0 Å². The second kappa shape index (κ2) is 10.2. The van der Waals surface area contributed by atoms with Gasteiger partial charge < -0.3 is 14.0 Å². The van der Waals surface area contributed by atoms with Gasteiger partial charge in [0.1, 0.15) is 5.75 Å². The zero-order chi connectivity index (χ0) is 23.4. The van der Waals surface area contributed by atoms with Crippen molar-refractivity contribution in [3.8, 4) is 5.75 Å². The van der Waals surface area contributed by atoms with Crippen molar-refractivity contribution >= 4 is 37.5 Å². The van der Waals surface area contributed by atoms with Crippen LogP contribution in [0.5, 0.6) is 5.75 Å². The molecule has 176 valence electrons. The Balaban J connectivity index is 1.64. The highest BCUT2D eigenvalue weighted by Gasteiger charge is 2.26. The van der Waals surface area contributed by atoms with Crippen molar-refractivity contribution < 1.29 is 22.7 Å². The first kappa shape index (κ1) is 23.6. The minimum Gasteiger partial charge on any atom is -0.494 e. The molecule has 2 heterocycles. The van der Waals surface area contributed by atoms with Crippen LogP contribution in [0.1, 0.15) is 30.6 Å². The van der Waals surface area contributed by atoms with Gasteiger partial charge >= 0.3 is 0 Å². The number of aryl methyl sites for hydroxylation is 1. The van der Waals surface area contributed by atoms with Gasteiger partial charge in [-0.05, 0) is 55.8 Å². The number of ether oxygens (including phenoxy) is 2. The molecule has 1 aliphatic heterocycles. The number of aromatic nitrogens is 1. The van der Waals surface area contributed by atoms with Crippen LogP contribution in [0, 0.1) is 0 Å². The summed E-state index contributed by atoms with van der Waals surface area (Å²) < 4.78 is 40.9. The Morgan fingerprint density at radius 1 is 1.12 bits per heavy atom. The summed E-state index contributed by atoms with van der Waals surface area (Å²) in [7, 11) is -3.61. The molecule has 2 aromatic carbocycles. The molecule has 0 radical (unpaired) electrons. The van der Waals surface area contributed by atoms with Crippen LogP contribution in [-0.4, -0.2) is 56.1 Å². The normalized spacial score (nSPS) is 15.8. The molecule has 0 aliphatic carbocycles. The van der Waals surface area contributed by atoms with Gasteiger partial charge in [-0.2, -0.15) is 9.30 Å². The molecule has 4 rings (SSSR count). The molecule has 1 aromatic heterocycles. The number of benzene rings is 2. The van der Waals surface area contributed by atoms with Gasteiger partial charge in [0.25, 0.3) is 5.91 Å². The number of sulfonamides is 1. The quantitative estimate of drug-likeness (QED) is 0.508. The summed E-state index contributed by atoms with van der Waals surface area (Å²) >= 11 is 1.43. The smallest absolute Gasteiger partial charge is 0.279 e. The second-order valence-electron chi connectivity index (χ2n) is 7.56. The third-order valence-electron chi connectivity index (χ3n) is 5.32. The fraction of sp³-hybridized carbons (Fsp3) is 0.391. The average Bonchev–Trinajstić information content (AvgIpc) is 3.16. The Morgan fingerprint density at radius 3 is 2.52 bits per heavy atom. The van der Waals surface area contributed by atoms with Crippen LogP contribution in [0.25, 0.3) is 10.2 Å². The van der Waals surface area contributed by atoms with E-state index in [0.29, 0.717) is 43.3 Å². The molecule has 1 fully saturated rings. The lowest BCUT2D eigenvalue weighted by molar-refractivity contribution is 0.0730. The maximum Gasteiger partial charge on any atom is 0.279 e. The van der Waals surface area contributed by atoms with E-state index >= 15 is 0 Å². The van der Waals surface area contributed by atoms with Crippen molar-refractivity contribution in [2.24, 2.45) is 4.99 Å². The SMILES string of the molecule is CCCn1c(=NC(=O)c2ccc(S(=O)(=O)N3CCOCC3)cc2)sc2cc(OCC)ccc21. The molecule has 0 unspecified atom stereocenters. The zero-order valence-corrected chi connectivity index (χ0v) is 20.3. The standard InChI is InChI=1S/C23H27N3O5S2/c1-3-11-26-20-10-7-18(31-4-2)16-21(20)32-23(26)24-22(27)17-5-8-19(9-6-17)33(28,29)25-12-14-30-15-13-25/h5-10,16H,3-4,11-15H2,1-2H3. The Hall–Kier alpha value is -2.53. The first-order valence-electron chi connectivity index (χ1n) is 11.0. The van der Waals surface area contributed by atoms with E-state index in [1.165, 1.54) is 39.9 Å². The fourth-order valence-electron chi connectivity index (χ4n) is 3.69. The van der Waals surface area contributed by atoms with E-state index < -0.39 is 15.9 Å². The average molecular weight is 490 g/mol. The number of carbonyl (C=O) groups excluding carboxylic acids is 1. The van der Waals surface area contributed by atoms with E-state index in [2.05, 4.69) is 11.9 Å². The van der Waals surface area contributed by atoms with Crippen molar-refractivity contribution in [2.75, 3.05) is 32.9 Å². The molecule has 10 heteroatoms. The van der Waals surface area contributed by atoms with Gasteiger partial charge in [0, 0.05) is 25.2 Å². The van der Waals surface area contributed by atoms with Crippen LogP contribution in [0.2, 0.25) is 0 Å². The van der Waals surface area contributed by atoms with Crippen LogP contribution in [0.4, 0.5) is 0 Å². The molecular weight excluding hydrogens is 462 g/mol. The Kier molecular flexibility index (Phi) is 7.28. The summed E-state index contributed by atoms with van der Waals surface area (Å²) in [5.41, 5.74) is 1.34. The fourth-order valence-corrected chi connectivity index (χ4v) is 6.18. The van der Waals surface area contributed by atoms with Crippen molar-refractivity contribution in [1.82, 2.24) is 8.87 Å². The molecule has 1 aliphatic rings. The molecule has 33 heavy (non-hydrogen) atoms. The van der Waals surface area contributed by atoms with Gasteiger partial charge in [0.05, 0.1) is 34.9 Å². The molecule has 0 atom stereocenters. The maximum atomic E-state index is 12.9. The summed E-state index contributed by atoms with van der Waals surface area (Å²) in [5.74, 6) is 0.372. The zero-order valence-electron chi connectivity index (χ0n) is 18.7. The first-order valence-corrected chi connectivity index (χ1v) is 13.2. The molecule has 0 saturated carbocycles. The van der Waals surface area contributed by atoms with Crippen LogP contribution in [0.15, 0.2) is 52.4 Å². The van der Waals surface area contributed by atoms with E-state index in [0.717, 1.165) is 28.9 Å². The third-order valence-corrected chi connectivity index (χ3v) is 8.27. The number of morpholine rings is 1. The van der Waals surface area contributed by atoms with Gasteiger partial charge in [-0.3, -0.25) is 4.79 Å². The monoisotopic (exact) mass is 489 g/mol. The minimum absolute atomic E-state index is 0.160. The Bertz CT molecular complexity index is 1300. The van der Waals surface area contributed by atoms with Crippen molar-refractivity contribution in [3.05, 3.63) is 52.8 Å². The van der Waals surface area contributed by atoms with Crippen molar-refractivity contribution in [3.63, 3.8) is 0 Å². The van der Waals surface area contributed by atoms with Gasteiger partial charge in [-0.1, -0.05) is 18.3 Å². The predicted molar refractivity (Wildman–Crippen MR) is 127 cm³/mol. The third kappa shape index (κ3) is 5.03. The number of nitrogens with zero attached hydrogens (tertiary/aromatic N) is 3. The summed E-state index contributed by atoms with van der Waals surface area (Å²) in [4.78, 5) is 18.0. The molecule has 1 amide bonds. The predicted octanol–water partition coefficient (Wildman–Crippen LogP) is 3.27. The van der Waals surface area contributed by atoms with E-state index in [1.807, 2.05) is 29.7 Å². The Morgan fingerprint density at radius 2 is 1.85 bits per heavy atom. The number of hydrogen-bond donors (Lipinski definition) is 0. The van der Waals surface area contributed by atoms with E-state index in [-0.39, 0.29) is 4.90 Å². The highest BCUT2D eigenvalue weighted by atomic mass is 32.2. The van der Waals surface area contributed by atoms with Gasteiger partial charge in [-0.15, -0.1) is 0 Å². The lowest BCUT2D eigenvalue weighted by atomic mass is 10.2. The van der Waals surface area contributed by atoms with E-state index in [4.69, 9.17) is 9.47 Å². The first-order chi connectivity index (χ1) is 15.9. The van der Waals surface area contributed by atoms with Crippen LogP contribution < -0.4 is 9.54 Å². The number of rotatable bonds is 7. The number of amides is 1. The lowest BCUT2D eigenvalue weighted by Crippen LogP contribution is -2.40. The molecular formula is C23H27N3O5S2. The topological polar surface area (TPSA) is 90.2 Å². The highest BCUT2D eigenvalue weighted by molar-refractivity contribution is 7.89. The molecule has 0 bridgehead atoms. The summed E-state index contributed by atoms with van der Waals surface area (Å²) in [6.07, 6.45) is 0.897. The molecule has 1 saturated heterocycles. The highest BCUT2D eigenvalue weighted by Crippen LogP contribution is 2.24. The molecule has 0 N–H and O–H groups in total. The van der Waals surface area contributed by atoms with E-state index in [9.17, 15) is 13.2 Å². The Labute approximate surface area is 197 Å². The number of hydrogen-bond acceptors (Lipinski definition) is 6. The maximum absolute atomic E-state index is 12.9. The van der Waals surface area contributed by atoms with Crippen LogP contribution in [-0.2, 0) is 21.3 Å². The molecule has 8 nitrogen and oxygen atoms in total. The second-order valence-corrected chi connectivity index (χ2v) is 10.5. The number of fused-ring (bicyclic) bond motifs is 1. The minimum atomic E-state index is -3.61. The number of carbonyl (C=O) groups is 1. The van der Waals surface area contributed by atoms with Gasteiger partial charge in [0.2, 0.25) is 10.0 Å². The van der Waals surface area contributed by atoms with Gasteiger partial charge in [-0.25, -0.2) is 8.42 Å². The largest absolute Gasteiger partial charge is 0.494 e.